The van der Waals surface area contributed by atoms with E-state index in [2.05, 4.69) is 15.9 Å². The van der Waals surface area contributed by atoms with Crippen LogP contribution in [0.5, 0.6) is 11.5 Å². The number of rotatable bonds is 4. The maximum Gasteiger partial charge on any atom is 0.265 e. The monoisotopic (exact) mass is 492 g/mol. The van der Waals surface area contributed by atoms with Crippen LogP contribution in [0.1, 0.15) is 24.2 Å². The van der Waals surface area contributed by atoms with Gasteiger partial charge >= 0.3 is 0 Å². The van der Waals surface area contributed by atoms with Gasteiger partial charge in [0, 0.05) is 22.6 Å². The summed E-state index contributed by atoms with van der Waals surface area (Å²) in [5.74, 6) is 2.69. The van der Waals surface area contributed by atoms with Crippen LogP contribution in [0.25, 0.3) is 34.1 Å². The first-order valence-corrected chi connectivity index (χ1v) is 11.1. The van der Waals surface area contributed by atoms with Crippen LogP contribution in [0.15, 0.2) is 62.2 Å². The molecule has 0 saturated heterocycles. The van der Waals surface area contributed by atoms with E-state index in [1.165, 1.54) is 0 Å². The van der Waals surface area contributed by atoms with Crippen molar-refractivity contribution in [3.05, 3.63) is 74.7 Å². The van der Waals surface area contributed by atoms with Gasteiger partial charge in [-0.3, -0.25) is 9.36 Å². The van der Waals surface area contributed by atoms with Crippen LogP contribution in [0.3, 0.4) is 0 Å². The molecule has 7 heteroatoms. The molecule has 32 heavy (non-hydrogen) atoms. The van der Waals surface area contributed by atoms with Gasteiger partial charge in [-0.2, -0.15) is 4.98 Å². The Morgan fingerprint density at radius 3 is 2.47 bits per heavy atom. The molecular weight excluding hydrogens is 472 g/mol. The van der Waals surface area contributed by atoms with Crippen molar-refractivity contribution >= 4 is 38.7 Å². The van der Waals surface area contributed by atoms with Gasteiger partial charge in [0.1, 0.15) is 28.5 Å². The van der Waals surface area contributed by atoms with Crippen LogP contribution in [-0.4, -0.2) is 23.8 Å². The maximum absolute atomic E-state index is 13.3. The number of hydrogen-bond donors (Lipinski definition) is 0. The van der Waals surface area contributed by atoms with E-state index in [1.54, 1.807) is 24.9 Å². The molecule has 6 nitrogen and oxygen atoms in total. The largest absolute Gasteiger partial charge is 0.497 e. The predicted octanol–water partition coefficient (Wildman–Crippen LogP) is 5.77. The minimum atomic E-state index is -0.0778. The molecule has 0 N–H and O–H groups in total. The molecule has 1 aliphatic rings. The lowest BCUT2D eigenvalue weighted by molar-refractivity contribution is 0.394. The minimum absolute atomic E-state index is 0.0778. The maximum atomic E-state index is 13.3. The first kappa shape index (κ1) is 20.6. The standard InChI is InChI=1S/C25H21BrN2O4/c1-30-19-11-15(12-20(13-19)31-2)10-17-4-3-9-28-23(17)27-24-21(25(28)29)14-22(32-24)16-5-7-18(26)8-6-16/h5-8,10-14H,3-4,9H2,1-2H3/b17-10+. The Hall–Kier alpha value is -3.32. The molecule has 162 valence electrons. The molecule has 0 bridgehead atoms. The SMILES string of the molecule is COc1cc(/C=C2\CCCn3c2nc2oc(-c4ccc(Br)cc4)cc2c3=O)cc(OC)c1. The summed E-state index contributed by atoms with van der Waals surface area (Å²) >= 11 is 3.44. The van der Waals surface area contributed by atoms with Gasteiger partial charge in [0.25, 0.3) is 5.56 Å². The second-order valence-electron chi connectivity index (χ2n) is 7.65. The summed E-state index contributed by atoms with van der Waals surface area (Å²) in [6.07, 6.45) is 3.72. The molecule has 0 fully saturated rings. The van der Waals surface area contributed by atoms with Gasteiger partial charge in [0.2, 0.25) is 5.71 Å². The topological polar surface area (TPSA) is 66.5 Å². The first-order valence-electron chi connectivity index (χ1n) is 10.3. The predicted molar refractivity (Wildman–Crippen MR) is 128 cm³/mol. The molecule has 0 aliphatic carbocycles. The van der Waals surface area contributed by atoms with Crippen molar-refractivity contribution in [1.29, 1.82) is 0 Å². The van der Waals surface area contributed by atoms with E-state index >= 15 is 0 Å². The fourth-order valence-corrected chi connectivity index (χ4v) is 4.28. The average molecular weight is 493 g/mol. The third-order valence-corrected chi connectivity index (χ3v) is 6.14. The minimum Gasteiger partial charge on any atom is -0.497 e. The number of hydrogen-bond acceptors (Lipinski definition) is 5. The number of furan rings is 1. The molecule has 0 radical (unpaired) electrons. The Morgan fingerprint density at radius 1 is 1.06 bits per heavy atom. The highest BCUT2D eigenvalue weighted by Crippen LogP contribution is 2.32. The van der Waals surface area contributed by atoms with Gasteiger partial charge < -0.3 is 13.9 Å². The number of benzene rings is 2. The summed E-state index contributed by atoms with van der Waals surface area (Å²) in [6, 6.07) is 15.3. The quantitative estimate of drug-likeness (QED) is 0.361. The van der Waals surface area contributed by atoms with E-state index in [0.717, 1.165) is 34.0 Å². The number of ether oxygens (including phenoxy) is 2. The zero-order chi connectivity index (χ0) is 22.2. The van der Waals surface area contributed by atoms with E-state index in [1.807, 2.05) is 48.5 Å². The zero-order valence-electron chi connectivity index (χ0n) is 17.7. The Bertz CT molecular complexity index is 1380. The Labute approximate surface area is 193 Å². The van der Waals surface area contributed by atoms with Gasteiger partial charge in [-0.15, -0.1) is 0 Å². The van der Waals surface area contributed by atoms with Gasteiger partial charge in [0.15, 0.2) is 0 Å². The smallest absolute Gasteiger partial charge is 0.265 e. The molecule has 0 spiro atoms. The van der Waals surface area contributed by atoms with Gasteiger partial charge in [-0.1, -0.05) is 28.1 Å². The zero-order valence-corrected chi connectivity index (χ0v) is 19.3. The molecule has 3 heterocycles. The molecule has 1 aliphatic heterocycles. The molecule has 0 atom stereocenters. The summed E-state index contributed by atoms with van der Waals surface area (Å²) in [4.78, 5) is 18.0. The molecule has 2 aromatic carbocycles. The Morgan fingerprint density at radius 2 is 1.78 bits per heavy atom. The second-order valence-corrected chi connectivity index (χ2v) is 8.56. The van der Waals surface area contributed by atoms with Crippen molar-refractivity contribution in [1.82, 2.24) is 9.55 Å². The normalized spacial score (nSPS) is 14.5. The summed E-state index contributed by atoms with van der Waals surface area (Å²) in [5.41, 5.74) is 3.08. The van der Waals surface area contributed by atoms with Crippen LogP contribution in [0.4, 0.5) is 0 Å². The average Bonchev–Trinajstić information content (AvgIpc) is 3.24. The van der Waals surface area contributed by atoms with E-state index in [-0.39, 0.29) is 5.56 Å². The number of methoxy groups -OCH3 is 2. The van der Waals surface area contributed by atoms with E-state index in [4.69, 9.17) is 18.9 Å². The summed E-state index contributed by atoms with van der Waals surface area (Å²) < 4.78 is 19.5. The van der Waals surface area contributed by atoms with Crippen LogP contribution in [0, 0.1) is 0 Å². The molecule has 2 aromatic heterocycles. The lowest BCUT2D eigenvalue weighted by Crippen LogP contribution is -2.27. The third-order valence-electron chi connectivity index (χ3n) is 5.61. The fraction of sp³-hybridized carbons (Fsp3) is 0.200. The van der Waals surface area contributed by atoms with Crippen LogP contribution in [-0.2, 0) is 6.54 Å². The lowest BCUT2D eigenvalue weighted by Gasteiger charge is -2.20. The van der Waals surface area contributed by atoms with Crippen LogP contribution < -0.4 is 15.0 Å². The molecule has 5 rings (SSSR count). The Balaban J connectivity index is 1.63. The van der Waals surface area contributed by atoms with E-state index in [0.29, 0.717) is 40.7 Å². The lowest BCUT2D eigenvalue weighted by atomic mass is 10.0. The van der Waals surface area contributed by atoms with Gasteiger partial charge in [-0.25, -0.2) is 0 Å². The van der Waals surface area contributed by atoms with Crippen molar-refractivity contribution in [2.75, 3.05) is 14.2 Å². The van der Waals surface area contributed by atoms with Crippen molar-refractivity contribution in [2.45, 2.75) is 19.4 Å². The number of halogens is 1. The first-order chi connectivity index (χ1) is 15.6. The van der Waals surface area contributed by atoms with Gasteiger partial charge in [-0.05, 0) is 60.4 Å². The summed E-state index contributed by atoms with van der Waals surface area (Å²) in [6.45, 7) is 0.634. The number of nitrogens with zero attached hydrogens (tertiary/aromatic N) is 2. The third kappa shape index (κ3) is 3.73. The number of fused-ring (bicyclic) bond motifs is 2. The molecular formula is C25H21BrN2O4. The summed E-state index contributed by atoms with van der Waals surface area (Å²) in [7, 11) is 3.25. The highest BCUT2D eigenvalue weighted by molar-refractivity contribution is 9.10. The second kappa shape index (κ2) is 8.31. The van der Waals surface area contributed by atoms with Crippen molar-refractivity contribution in [2.24, 2.45) is 0 Å². The highest BCUT2D eigenvalue weighted by atomic mass is 79.9. The van der Waals surface area contributed by atoms with Crippen molar-refractivity contribution < 1.29 is 13.9 Å². The van der Waals surface area contributed by atoms with E-state index in [9.17, 15) is 4.79 Å². The van der Waals surface area contributed by atoms with Crippen LogP contribution in [0.2, 0.25) is 0 Å². The van der Waals surface area contributed by atoms with Crippen molar-refractivity contribution in [3.8, 4) is 22.8 Å². The number of allylic oxidation sites excluding steroid dienone is 1. The Kier molecular flexibility index (Phi) is 5.35. The number of aromatic nitrogens is 2. The summed E-state index contributed by atoms with van der Waals surface area (Å²) in [5, 5.41) is 0.496. The van der Waals surface area contributed by atoms with Crippen molar-refractivity contribution in [3.63, 3.8) is 0 Å². The fourth-order valence-electron chi connectivity index (χ4n) is 4.01. The van der Waals surface area contributed by atoms with Crippen LogP contribution >= 0.6 is 15.9 Å². The van der Waals surface area contributed by atoms with Gasteiger partial charge in [0.05, 0.1) is 14.2 Å². The molecule has 0 amide bonds. The molecule has 0 saturated carbocycles. The highest BCUT2D eigenvalue weighted by Gasteiger charge is 2.22. The van der Waals surface area contributed by atoms with E-state index < -0.39 is 0 Å². The molecule has 4 aromatic rings. The molecule has 0 unspecified atom stereocenters.